The fourth-order valence-electron chi connectivity index (χ4n) is 1.91. The molecule has 5 nitrogen and oxygen atoms in total. The zero-order valence-corrected chi connectivity index (χ0v) is 11.9. The molecule has 0 aliphatic carbocycles. The molecule has 0 spiro atoms. The van der Waals surface area contributed by atoms with E-state index in [4.69, 9.17) is 4.74 Å². The first-order chi connectivity index (χ1) is 10.6. The van der Waals surface area contributed by atoms with Crippen LogP contribution in [-0.4, -0.2) is 24.8 Å². The maximum Gasteiger partial charge on any atom is 0.508 e. The Hall–Kier alpha value is -2.95. The molecule has 2 rings (SSSR count). The van der Waals surface area contributed by atoms with Crippen LogP contribution in [0.4, 0.5) is 4.79 Å². The predicted octanol–water partition coefficient (Wildman–Crippen LogP) is 3.04. The second-order valence-electron chi connectivity index (χ2n) is 4.42. The fraction of sp³-hybridized carbons (Fsp3) is 0.118. The molecule has 0 heterocycles. The fourth-order valence-corrected chi connectivity index (χ4v) is 1.91. The van der Waals surface area contributed by atoms with Crippen molar-refractivity contribution < 1.29 is 23.9 Å². The molecule has 0 unspecified atom stereocenters. The van der Waals surface area contributed by atoms with E-state index < -0.39 is 17.7 Å². The van der Waals surface area contributed by atoms with Gasteiger partial charge in [0.05, 0.1) is 7.11 Å². The molecule has 2 aromatic carbocycles. The highest BCUT2D eigenvalue weighted by Gasteiger charge is 2.21. The van der Waals surface area contributed by atoms with Gasteiger partial charge in [0.1, 0.15) is 6.61 Å². The van der Waals surface area contributed by atoms with E-state index in [9.17, 15) is 14.4 Å². The highest BCUT2D eigenvalue weighted by atomic mass is 16.7. The summed E-state index contributed by atoms with van der Waals surface area (Å²) in [6, 6.07) is 14.8. The van der Waals surface area contributed by atoms with Gasteiger partial charge in [0.2, 0.25) is 11.6 Å². The van der Waals surface area contributed by atoms with Gasteiger partial charge in [-0.1, -0.05) is 54.6 Å². The third-order valence-corrected chi connectivity index (χ3v) is 3.02. The lowest BCUT2D eigenvalue weighted by atomic mass is 9.98. The van der Waals surface area contributed by atoms with Crippen molar-refractivity contribution in [2.24, 2.45) is 0 Å². The Kier molecular flexibility index (Phi) is 5.03. The first-order valence-corrected chi connectivity index (χ1v) is 6.56. The van der Waals surface area contributed by atoms with Gasteiger partial charge in [0.15, 0.2) is 0 Å². The molecule has 0 amide bonds. The molecular weight excluding hydrogens is 284 g/mol. The van der Waals surface area contributed by atoms with Crippen LogP contribution < -0.4 is 0 Å². The number of carbonyl (C=O) groups is 3. The molecule has 0 N–H and O–H groups in total. The topological polar surface area (TPSA) is 69.7 Å². The van der Waals surface area contributed by atoms with Crippen molar-refractivity contribution in [3.05, 3.63) is 71.3 Å². The summed E-state index contributed by atoms with van der Waals surface area (Å²) in [5.41, 5.74) is 0.971. The summed E-state index contributed by atoms with van der Waals surface area (Å²) >= 11 is 0. The standard InChI is InChI=1S/C17H14O5/c1-21-17(20)22-11-13-9-5-6-10-14(13)16(19)15(18)12-7-3-2-4-8-12/h2-10H,11H2,1H3. The summed E-state index contributed by atoms with van der Waals surface area (Å²) < 4.78 is 9.20. The number of Topliss-reactive ketones (excluding diaryl/α,β-unsaturated/α-hetero) is 2. The number of methoxy groups -OCH3 is 1. The van der Waals surface area contributed by atoms with Crippen LogP contribution in [0.5, 0.6) is 0 Å². The Morgan fingerprint density at radius 2 is 1.50 bits per heavy atom. The van der Waals surface area contributed by atoms with Crippen LogP contribution in [0.1, 0.15) is 26.3 Å². The molecule has 22 heavy (non-hydrogen) atoms. The van der Waals surface area contributed by atoms with Gasteiger partial charge in [-0.25, -0.2) is 4.79 Å². The van der Waals surface area contributed by atoms with Gasteiger partial charge in [0.25, 0.3) is 0 Å². The molecule has 112 valence electrons. The molecule has 2 aromatic rings. The van der Waals surface area contributed by atoms with E-state index in [1.807, 2.05) is 0 Å². The minimum Gasteiger partial charge on any atom is -0.438 e. The van der Waals surface area contributed by atoms with Crippen LogP contribution in [0.3, 0.4) is 0 Å². The molecule has 0 saturated carbocycles. The summed E-state index contributed by atoms with van der Waals surface area (Å²) in [5, 5.41) is 0. The number of carbonyl (C=O) groups excluding carboxylic acids is 3. The quantitative estimate of drug-likeness (QED) is 0.482. The maximum atomic E-state index is 12.4. The van der Waals surface area contributed by atoms with E-state index in [0.29, 0.717) is 11.1 Å². The van der Waals surface area contributed by atoms with Crippen LogP contribution in [0.25, 0.3) is 0 Å². The molecule has 0 aromatic heterocycles. The number of ketones is 2. The number of hydrogen-bond acceptors (Lipinski definition) is 5. The third-order valence-electron chi connectivity index (χ3n) is 3.02. The summed E-state index contributed by atoms with van der Waals surface area (Å²) in [6.07, 6.45) is -0.850. The normalized spacial score (nSPS) is 9.86. The zero-order chi connectivity index (χ0) is 15.9. The van der Waals surface area contributed by atoms with E-state index in [2.05, 4.69) is 4.74 Å². The van der Waals surface area contributed by atoms with Crippen molar-refractivity contribution in [1.82, 2.24) is 0 Å². The van der Waals surface area contributed by atoms with E-state index in [1.165, 1.54) is 13.2 Å². The average molecular weight is 298 g/mol. The molecule has 0 radical (unpaired) electrons. The first kappa shape index (κ1) is 15.4. The van der Waals surface area contributed by atoms with Crippen molar-refractivity contribution in [1.29, 1.82) is 0 Å². The Labute approximate surface area is 127 Å². The summed E-state index contributed by atoms with van der Waals surface area (Å²) in [4.78, 5) is 35.6. The maximum absolute atomic E-state index is 12.4. The van der Waals surface area contributed by atoms with Crippen molar-refractivity contribution in [3.8, 4) is 0 Å². The number of hydrogen-bond donors (Lipinski definition) is 0. The number of ether oxygens (including phenoxy) is 2. The van der Waals surface area contributed by atoms with E-state index in [0.717, 1.165) is 0 Å². The molecule has 0 aliphatic rings. The molecule has 0 saturated heterocycles. The second-order valence-corrected chi connectivity index (χ2v) is 4.42. The van der Waals surface area contributed by atoms with Crippen molar-refractivity contribution >= 4 is 17.7 Å². The Bertz CT molecular complexity index is 691. The van der Waals surface area contributed by atoms with Crippen molar-refractivity contribution in [2.75, 3.05) is 7.11 Å². The third kappa shape index (κ3) is 3.58. The van der Waals surface area contributed by atoms with Gasteiger partial charge in [-0.05, 0) is 0 Å². The first-order valence-electron chi connectivity index (χ1n) is 6.56. The lowest BCUT2D eigenvalue weighted by Crippen LogP contribution is -2.17. The Balaban J connectivity index is 2.23. The Morgan fingerprint density at radius 3 is 2.18 bits per heavy atom. The zero-order valence-electron chi connectivity index (χ0n) is 11.9. The number of benzene rings is 2. The van der Waals surface area contributed by atoms with Gasteiger partial charge in [-0.15, -0.1) is 0 Å². The van der Waals surface area contributed by atoms with Gasteiger partial charge < -0.3 is 9.47 Å². The van der Waals surface area contributed by atoms with E-state index in [1.54, 1.807) is 48.5 Å². The largest absolute Gasteiger partial charge is 0.508 e. The van der Waals surface area contributed by atoms with Crippen LogP contribution >= 0.6 is 0 Å². The lowest BCUT2D eigenvalue weighted by Gasteiger charge is -2.08. The molecule has 0 atom stereocenters. The molecule has 0 bridgehead atoms. The van der Waals surface area contributed by atoms with Crippen molar-refractivity contribution in [2.45, 2.75) is 6.61 Å². The summed E-state index contributed by atoms with van der Waals surface area (Å²) in [5.74, 6) is -1.25. The SMILES string of the molecule is COC(=O)OCc1ccccc1C(=O)C(=O)c1ccccc1. The summed E-state index contributed by atoms with van der Waals surface area (Å²) in [6.45, 7) is -0.142. The highest BCUT2D eigenvalue weighted by molar-refractivity contribution is 6.49. The molecule has 5 heteroatoms. The monoisotopic (exact) mass is 298 g/mol. The smallest absolute Gasteiger partial charge is 0.438 e. The average Bonchev–Trinajstić information content (AvgIpc) is 2.59. The van der Waals surface area contributed by atoms with E-state index in [-0.39, 0.29) is 12.2 Å². The van der Waals surface area contributed by atoms with Crippen LogP contribution in [0, 0.1) is 0 Å². The Morgan fingerprint density at radius 1 is 0.864 bits per heavy atom. The summed E-state index contributed by atoms with van der Waals surface area (Å²) in [7, 11) is 1.19. The van der Waals surface area contributed by atoms with Crippen LogP contribution in [0.2, 0.25) is 0 Å². The second kappa shape index (κ2) is 7.17. The van der Waals surface area contributed by atoms with Gasteiger partial charge in [0, 0.05) is 16.7 Å². The van der Waals surface area contributed by atoms with Crippen molar-refractivity contribution in [3.63, 3.8) is 0 Å². The van der Waals surface area contributed by atoms with Crippen LogP contribution in [0.15, 0.2) is 54.6 Å². The molecular formula is C17H14O5. The van der Waals surface area contributed by atoms with Crippen LogP contribution in [-0.2, 0) is 16.1 Å². The minimum absolute atomic E-state index is 0.142. The lowest BCUT2D eigenvalue weighted by molar-refractivity contribution is 0.0662. The highest BCUT2D eigenvalue weighted by Crippen LogP contribution is 2.14. The molecule has 0 aliphatic heterocycles. The van der Waals surface area contributed by atoms with E-state index >= 15 is 0 Å². The number of rotatable bonds is 5. The van der Waals surface area contributed by atoms with Gasteiger partial charge >= 0.3 is 6.16 Å². The molecule has 0 fully saturated rings. The predicted molar refractivity (Wildman–Crippen MR) is 78.7 cm³/mol. The van der Waals surface area contributed by atoms with Gasteiger partial charge in [-0.2, -0.15) is 0 Å². The minimum atomic E-state index is -0.850. The van der Waals surface area contributed by atoms with Gasteiger partial charge in [-0.3, -0.25) is 9.59 Å².